The van der Waals surface area contributed by atoms with Gasteiger partial charge < -0.3 is 0 Å². The fourth-order valence-corrected chi connectivity index (χ4v) is 2.08. The van der Waals surface area contributed by atoms with Crippen LogP contribution in [-0.4, -0.2) is 16.2 Å². The van der Waals surface area contributed by atoms with Gasteiger partial charge in [-0.3, -0.25) is 14.9 Å². The third kappa shape index (κ3) is 3.65. The smallest absolute Gasteiger partial charge is 0.223 e. The Morgan fingerprint density at radius 1 is 1.15 bits per heavy atom. The molecule has 1 rings (SSSR count). The van der Waals surface area contributed by atoms with Crippen LogP contribution in [0.2, 0.25) is 0 Å². The summed E-state index contributed by atoms with van der Waals surface area (Å²) in [5.74, 6) is -0.383. The van der Waals surface area contributed by atoms with Gasteiger partial charge in [-0.1, -0.05) is 51.1 Å². The van der Waals surface area contributed by atoms with Gasteiger partial charge in [-0.25, -0.2) is 0 Å². The minimum Gasteiger partial charge on any atom is -0.299 e. The van der Waals surface area contributed by atoms with Crippen molar-refractivity contribution in [1.82, 2.24) is 0 Å². The second-order valence-corrected chi connectivity index (χ2v) is 6.75. The van der Waals surface area contributed by atoms with Crippen LogP contribution in [0.1, 0.15) is 52.5 Å². The standard InChI is InChI=1S/C16H23NO3/c1-15(2,3)14(18)11-13(16(4,5)17(19)20)12-9-7-6-8-10-12/h6-10,13H,11H2,1-5H3/t13-/m0/s1. The molecule has 0 aromatic heterocycles. The first-order chi connectivity index (χ1) is 9.06. The fourth-order valence-electron chi connectivity index (χ4n) is 2.08. The van der Waals surface area contributed by atoms with E-state index in [1.54, 1.807) is 13.8 Å². The highest BCUT2D eigenvalue weighted by molar-refractivity contribution is 5.84. The molecular formula is C16H23NO3. The summed E-state index contributed by atoms with van der Waals surface area (Å²) < 4.78 is 0. The van der Waals surface area contributed by atoms with Gasteiger partial charge in [0.15, 0.2) is 0 Å². The van der Waals surface area contributed by atoms with Crippen molar-refractivity contribution >= 4 is 5.78 Å². The Morgan fingerprint density at radius 2 is 1.65 bits per heavy atom. The van der Waals surface area contributed by atoms with E-state index in [0.29, 0.717) is 0 Å². The molecule has 0 aliphatic carbocycles. The van der Waals surface area contributed by atoms with Crippen molar-refractivity contribution in [1.29, 1.82) is 0 Å². The highest BCUT2D eigenvalue weighted by atomic mass is 16.6. The molecule has 0 unspecified atom stereocenters. The van der Waals surface area contributed by atoms with E-state index in [1.165, 1.54) is 0 Å². The van der Waals surface area contributed by atoms with E-state index in [2.05, 4.69) is 0 Å². The Kier molecular flexibility index (Phi) is 4.69. The molecule has 0 saturated heterocycles. The Labute approximate surface area is 120 Å². The average molecular weight is 277 g/mol. The van der Waals surface area contributed by atoms with Crippen molar-refractivity contribution in [3.8, 4) is 0 Å². The zero-order valence-electron chi connectivity index (χ0n) is 12.8. The Hall–Kier alpha value is -1.71. The van der Waals surface area contributed by atoms with E-state index >= 15 is 0 Å². The Balaban J connectivity index is 3.17. The molecule has 4 heteroatoms. The molecule has 4 nitrogen and oxygen atoms in total. The summed E-state index contributed by atoms with van der Waals surface area (Å²) >= 11 is 0. The molecule has 0 N–H and O–H groups in total. The lowest BCUT2D eigenvalue weighted by atomic mass is 9.75. The van der Waals surface area contributed by atoms with E-state index in [-0.39, 0.29) is 17.1 Å². The van der Waals surface area contributed by atoms with Crippen molar-refractivity contribution in [2.75, 3.05) is 0 Å². The fraction of sp³-hybridized carbons (Fsp3) is 0.562. The summed E-state index contributed by atoms with van der Waals surface area (Å²) in [5, 5.41) is 11.4. The summed E-state index contributed by atoms with van der Waals surface area (Å²) in [6.45, 7) is 8.70. The Morgan fingerprint density at radius 3 is 2.05 bits per heavy atom. The van der Waals surface area contributed by atoms with Crippen LogP contribution in [0.3, 0.4) is 0 Å². The molecule has 1 aromatic rings. The van der Waals surface area contributed by atoms with E-state index < -0.39 is 16.9 Å². The Bertz CT molecular complexity index is 486. The van der Waals surface area contributed by atoms with Crippen LogP contribution in [-0.2, 0) is 4.79 Å². The molecule has 0 aliphatic rings. The van der Waals surface area contributed by atoms with E-state index in [4.69, 9.17) is 0 Å². The van der Waals surface area contributed by atoms with Crippen LogP contribution in [0.5, 0.6) is 0 Å². The van der Waals surface area contributed by atoms with Gasteiger partial charge in [0, 0.05) is 30.6 Å². The van der Waals surface area contributed by atoms with Crippen molar-refractivity contribution in [2.24, 2.45) is 5.41 Å². The van der Waals surface area contributed by atoms with Gasteiger partial charge in [0.1, 0.15) is 5.78 Å². The van der Waals surface area contributed by atoms with Gasteiger partial charge in [0.25, 0.3) is 0 Å². The summed E-state index contributed by atoms with van der Waals surface area (Å²) in [6.07, 6.45) is 0.182. The predicted molar refractivity (Wildman–Crippen MR) is 79.3 cm³/mol. The lowest BCUT2D eigenvalue weighted by Gasteiger charge is -2.29. The van der Waals surface area contributed by atoms with Crippen LogP contribution in [0.15, 0.2) is 30.3 Å². The lowest BCUT2D eigenvalue weighted by molar-refractivity contribution is -0.565. The predicted octanol–water partition coefficient (Wildman–Crippen LogP) is 3.83. The normalized spacial score (nSPS) is 13.8. The maximum absolute atomic E-state index is 12.3. The number of benzene rings is 1. The SMILES string of the molecule is CC(C)(C)C(=O)C[C@@H](c1ccccc1)C(C)(C)[N+](=O)[O-]. The zero-order valence-corrected chi connectivity index (χ0v) is 12.8. The molecule has 0 heterocycles. The largest absolute Gasteiger partial charge is 0.299 e. The summed E-state index contributed by atoms with van der Waals surface area (Å²) in [4.78, 5) is 23.4. The molecular weight excluding hydrogens is 254 g/mol. The van der Waals surface area contributed by atoms with Crippen LogP contribution in [0, 0.1) is 15.5 Å². The van der Waals surface area contributed by atoms with Crippen LogP contribution in [0.4, 0.5) is 0 Å². The summed E-state index contributed by atoms with van der Waals surface area (Å²) in [6, 6.07) is 9.27. The second-order valence-electron chi connectivity index (χ2n) is 6.75. The number of carbonyl (C=O) groups is 1. The highest BCUT2D eigenvalue weighted by Gasteiger charge is 2.43. The number of hydrogen-bond donors (Lipinski definition) is 0. The topological polar surface area (TPSA) is 60.2 Å². The molecule has 0 radical (unpaired) electrons. The number of rotatable bonds is 5. The van der Waals surface area contributed by atoms with Gasteiger partial charge in [-0.15, -0.1) is 0 Å². The molecule has 110 valence electrons. The molecule has 0 amide bonds. The number of carbonyl (C=O) groups excluding carboxylic acids is 1. The number of Topliss-reactive ketones (excluding diaryl/α,β-unsaturated/α-hetero) is 1. The third-order valence-electron chi connectivity index (χ3n) is 3.75. The molecule has 1 atom stereocenters. The van der Waals surface area contributed by atoms with Crippen molar-refractivity contribution in [3.05, 3.63) is 46.0 Å². The van der Waals surface area contributed by atoms with Crippen molar-refractivity contribution in [3.63, 3.8) is 0 Å². The zero-order chi connectivity index (χ0) is 15.6. The number of hydrogen-bond acceptors (Lipinski definition) is 3. The molecule has 1 aromatic carbocycles. The quantitative estimate of drug-likeness (QED) is 0.607. The van der Waals surface area contributed by atoms with Gasteiger partial charge in [-0.05, 0) is 5.56 Å². The van der Waals surface area contributed by atoms with Crippen LogP contribution in [0.25, 0.3) is 0 Å². The van der Waals surface area contributed by atoms with E-state index in [9.17, 15) is 14.9 Å². The first-order valence-electron chi connectivity index (χ1n) is 6.79. The summed E-state index contributed by atoms with van der Waals surface area (Å²) in [5.41, 5.74) is -0.825. The molecule has 0 saturated carbocycles. The first-order valence-corrected chi connectivity index (χ1v) is 6.79. The minimum atomic E-state index is -1.18. The molecule has 20 heavy (non-hydrogen) atoms. The van der Waals surface area contributed by atoms with Gasteiger partial charge in [0.2, 0.25) is 5.54 Å². The molecule has 0 spiro atoms. The third-order valence-corrected chi connectivity index (χ3v) is 3.75. The lowest BCUT2D eigenvalue weighted by Crippen LogP contribution is -2.40. The average Bonchev–Trinajstić information content (AvgIpc) is 2.35. The van der Waals surface area contributed by atoms with Gasteiger partial charge in [0.05, 0.1) is 5.92 Å². The maximum atomic E-state index is 12.3. The second kappa shape index (κ2) is 5.73. The van der Waals surface area contributed by atoms with E-state index in [0.717, 1.165) is 5.56 Å². The van der Waals surface area contributed by atoms with Gasteiger partial charge in [-0.2, -0.15) is 0 Å². The number of nitrogens with zero attached hydrogens (tertiary/aromatic N) is 1. The molecule has 0 fully saturated rings. The molecule has 0 bridgehead atoms. The molecule has 0 aliphatic heterocycles. The maximum Gasteiger partial charge on any atom is 0.223 e. The monoisotopic (exact) mass is 277 g/mol. The summed E-state index contributed by atoms with van der Waals surface area (Å²) in [7, 11) is 0. The number of ketones is 1. The van der Waals surface area contributed by atoms with Crippen LogP contribution < -0.4 is 0 Å². The minimum absolute atomic E-state index is 0.0429. The first kappa shape index (κ1) is 16.3. The van der Waals surface area contributed by atoms with E-state index in [1.807, 2.05) is 51.1 Å². The van der Waals surface area contributed by atoms with Crippen molar-refractivity contribution < 1.29 is 9.72 Å². The van der Waals surface area contributed by atoms with Crippen LogP contribution >= 0.6 is 0 Å². The van der Waals surface area contributed by atoms with Crippen molar-refractivity contribution in [2.45, 2.75) is 52.5 Å². The highest BCUT2D eigenvalue weighted by Crippen LogP contribution is 2.36. The number of nitro groups is 1. The van der Waals surface area contributed by atoms with Gasteiger partial charge >= 0.3 is 0 Å².